The molecule has 0 saturated heterocycles. The first-order valence-electron chi connectivity index (χ1n) is 9.90. The summed E-state index contributed by atoms with van der Waals surface area (Å²) in [5.74, 6) is 0.652. The molecule has 1 aromatic heterocycles. The average molecular weight is 396 g/mol. The summed E-state index contributed by atoms with van der Waals surface area (Å²) in [6, 6.07) is 21.6. The lowest BCUT2D eigenvalue weighted by molar-refractivity contribution is 0.102. The summed E-state index contributed by atoms with van der Waals surface area (Å²) in [5.41, 5.74) is 6.98. The van der Waals surface area contributed by atoms with E-state index in [1.165, 1.54) is 0 Å². The third-order valence-electron chi connectivity index (χ3n) is 5.37. The molecule has 4 rings (SSSR count). The number of methoxy groups -OCH3 is 1. The van der Waals surface area contributed by atoms with Crippen LogP contribution in [0.2, 0.25) is 0 Å². The molecule has 150 valence electrons. The number of fused-ring (bicyclic) bond motifs is 1. The van der Waals surface area contributed by atoms with Gasteiger partial charge in [-0.05, 0) is 73.9 Å². The number of anilines is 1. The molecule has 4 aromatic rings. The largest absolute Gasteiger partial charge is 0.497 e. The van der Waals surface area contributed by atoms with Crippen LogP contribution < -0.4 is 10.1 Å². The highest BCUT2D eigenvalue weighted by Crippen LogP contribution is 2.31. The van der Waals surface area contributed by atoms with Crippen LogP contribution >= 0.6 is 0 Å². The van der Waals surface area contributed by atoms with Gasteiger partial charge >= 0.3 is 0 Å². The number of nitrogens with one attached hydrogen (secondary N) is 1. The van der Waals surface area contributed by atoms with Crippen LogP contribution in [0.1, 0.15) is 27.0 Å². The molecule has 0 unspecified atom stereocenters. The molecular weight excluding hydrogens is 372 g/mol. The van der Waals surface area contributed by atoms with Gasteiger partial charge in [0.1, 0.15) is 5.75 Å². The topological polar surface area (TPSA) is 51.2 Å². The van der Waals surface area contributed by atoms with Crippen molar-refractivity contribution >= 4 is 22.5 Å². The number of hydrogen-bond donors (Lipinski definition) is 1. The van der Waals surface area contributed by atoms with E-state index in [-0.39, 0.29) is 5.91 Å². The second-order valence-corrected chi connectivity index (χ2v) is 7.48. The maximum atomic E-state index is 13.4. The molecule has 4 heteroatoms. The number of nitrogens with zero attached hydrogens (tertiary/aromatic N) is 1. The quantitative estimate of drug-likeness (QED) is 0.454. The van der Waals surface area contributed by atoms with Gasteiger partial charge in [0, 0.05) is 16.6 Å². The highest BCUT2D eigenvalue weighted by atomic mass is 16.5. The van der Waals surface area contributed by atoms with E-state index < -0.39 is 0 Å². The molecule has 1 heterocycles. The smallest absolute Gasteiger partial charge is 0.256 e. The summed E-state index contributed by atoms with van der Waals surface area (Å²) in [5, 5.41) is 3.95. The molecule has 3 aromatic carbocycles. The summed E-state index contributed by atoms with van der Waals surface area (Å²) in [6.45, 7) is 5.97. The zero-order valence-electron chi connectivity index (χ0n) is 17.6. The van der Waals surface area contributed by atoms with Gasteiger partial charge in [0.2, 0.25) is 0 Å². The lowest BCUT2D eigenvalue weighted by Gasteiger charge is -2.16. The fourth-order valence-electron chi connectivity index (χ4n) is 3.69. The Kier molecular flexibility index (Phi) is 5.23. The van der Waals surface area contributed by atoms with E-state index in [0.29, 0.717) is 5.56 Å². The normalized spacial score (nSPS) is 10.8. The highest BCUT2D eigenvalue weighted by molar-refractivity contribution is 6.14. The van der Waals surface area contributed by atoms with Gasteiger partial charge in [-0.2, -0.15) is 0 Å². The first kappa shape index (κ1) is 19.6. The van der Waals surface area contributed by atoms with Crippen LogP contribution in [0.25, 0.3) is 22.2 Å². The number of ether oxygens (including phenoxy) is 1. The zero-order valence-corrected chi connectivity index (χ0v) is 17.6. The van der Waals surface area contributed by atoms with Crippen LogP contribution in [0.5, 0.6) is 5.75 Å². The number of para-hydroxylation sites is 1. The van der Waals surface area contributed by atoms with Crippen molar-refractivity contribution in [3.05, 3.63) is 89.0 Å². The number of aromatic nitrogens is 1. The summed E-state index contributed by atoms with van der Waals surface area (Å²) < 4.78 is 5.27. The van der Waals surface area contributed by atoms with Crippen LogP contribution in [-0.4, -0.2) is 18.0 Å². The first-order chi connectivity index (χ1) is 14.5. The van der Waals surface area contributed by atoms with Gasteiger partial charge in [0.05, 0.1) is 23.9 Å². The molecule has 1 N–H and O–H groups in total. The second-order valence-electron chi connectivity index (χ2n) is 7.48. The van der Waals surface area contributed by atoms with Crippen LogP contribution in [0.4, 0.5) is 5.69 Å². The molecule has 0 spiro atoms. The van der Waals surface area contributed by atoms with Crippen molar-refractivity contribution in [2.45, 2.75) is 20.8 Å². The van der Waals surface area contributed by atoms with E-state index in [2.05, 4.69) is 5.32 Å². The summed E-state index contributed by atoms with van der Waals surface area (Å²) in [4.78, 5) is 18.3. The van der Waals surface area contributed by atoms with Crippen LogP contribution in [-0.2, 0) is 0 Å². The molecule has 0 aliphatic rings. The molecule has 0 aliphatic heterocycles. The van der Waals surface area contributed by atoms with E-state index in [1.54, 1.807) is 7.11 Å². The number of amides is 1. The first-order valence-corrected chi connectivity index (χ1v) is 9.90. The summed E-state index contributed by atoms with van der Waals surface area (Å²) >= 11 is 0. The third-order valence-corrected chi connectivity index (χ3v) is 5.37. The number of pyridine rings is 1. The van der Waals surface area contributed by atoms with Gasteiger partial charge < -0.3 is 10.1 Å². The number of carbonyl (C=O) groups is 1. The molecule has 30 heavy (non-hydrogen) atoms. The summed E-state index contributed by atoms with van der Waals surface area (Å²) in [7, 11) is 1.64. The number of benzene rings is 3. The Bertz CT molecular complexity index is 1240. The number of aryl methyl sites for hydroxylation is 2. The van der Waals surface area contributed by atoms with Crippen LogP contribution in [0, 0.1) is 20.8 Å². The van der Waals surface area contributed by atoms with E-state index in [0.717, 1.165) is 50.3 Å². The molecule has 0 atom stereocenters. The van der Waals surface area contributed by atoms with Gasteiger partial charge in [-0.25, -0.2) is 4.98 Å². The lowest BCUT2D eigenvalue weighted by atomic mass is 9.97. The Morgan fingerprint density at radius 1 is 0.933 bits per heavy atom. The summed E-state index contributed by atoms with van der Waals surface area (Å²) in [6.07, 6.45) is 0. The van der Waals surface area contributed by atoms with E-state index >= 15 is 0 Å². The standard InChI is InChI=1S/C26H24N2O2/c1-16-9-10-17(2)23(15-16)28-26(29)24-18(3)25(19-11-13-20(30-4)14-12-19)27-22-8-6-5-7-21(22)24/h5-15H,1-4H3,(H,28,29). The second kappa shape index (κ2) is 7.99. The van der Waals surface area contributed by atoms with E-state index in [9.17, 15) is 4.79 Å². The van der Waals surface area contributed by atoms with Crippen molar-refractivity contribution in [1.29, 1.82) is 0 Å². The molecule has 1 amide bonds. The maximum absolute atomic E-state index is 13.4. The predicted molar refractivity (Wildman–Crippen MR) is 122 cm³/mol. The number of hydrogen-bond acceptors (Lipinski definition) is 3. The van der Waals surface area contributed by atoms with E-state index in [4.69, 9.17) is 9.72 Å². The minimum absolute atomic E-state index is 0.130. The molecule has 4 nitrogen and oxygen atoms in total. The maximum Gasteiger partial charge on any atom is 0.256 e. The van der Waals surface area contributed by atoms with Gasteiger partial charge in [-0.3, -0.25) is 4.79 Å². The Hall–Kier alpha value is -3.66. The Morgan fingerprint density at radius 3 is 2.40 bits per heavy atom. The molecule has 0 aliphatic carbocycles. The molecule has 0 bridgehead atoms. The highest BCUT2D eigenvalue weighted by Gasteiger charge is 2.19. The van der Waals surface area contributed by atoms with Crippen molar-refractivity contribution < 1.29 is 9.53 Å². The van der Waals surface area contributed by atoms with Crippen molar-refractivity contribution in [1.82, 2.24) is 4.98 Å². The monoisotopic (exact) mass is 396 g/mol. The van der Waals surface area contributed by atoms with Crippen molar-refractivity contribution in [3.8, 4) is 17.0 Å². The Morgan fingerprint density at radius 2 is 1.67 bits per heavy atom. The van der Waals surface area contributed by atoms with Gasteiger partial charge in [-0.15, -0.1) is 0 Å². The lowest BCUT2D eigenvalue weighted by Crippen LogP contribution is -2.16. The fourth-order valence-corrected chi connectivity index (χ4v) is 3.69. The third kappa shape index (κ3) is 3.64. The van der Waals surface area contributed by atoms with Crippen LogP contribution in [0.3, 0.4) is 0 Å². The SMILES string of the molecule is COc1ccc(-c2nc3ccccc3c(C(=O)Nc3cc(C)ccc3C)c2C)cc1. The molecular formula is C26H24N2O2. The van der Waals surface area contributed by atoms with Crippen molar-refractivity contribution in [2.24, 2.45) is 0 Å². The molecule has 0 saturated carbocycles. The Balaban J connectivity index is 1.86. The number of rotatable bonds is 4. The van der Waals surface area contributed by atoms with Crippen molar-refractivity contribution in [2.75, 3.05) is 12.4 Å². The number of carbonyl (C=O) groups excluding carboxylic acids is 1. The minimum Gasteiger partial charge on any atom is -0.497 e. The average Bonchev–Trinajstić information content (AvgIpc) is 2.76. The van der Waals surface area contributed by atoms with Gasteiger partial charge in [0.15, 0.2) is 0 Å². The van der Waals surface area contributed by atoms with Gasteiger partial charge in [-0.1, -0.05) is 30.3 Å². The van der Waals surface area contributed by atoms with E-state index in [1.807, 2.05) is 87.5 Å². The van der Waals surface area contributed by atoms with Crippen LogP contribution in [0.15, 0.2) is 66.7 Å². The predicted octanol–water partition coefficient (Wildman–Crippen LogP) is 6.09. The zero-order chi connectivity index (χ0) is 21.3. The van der Waals surface area contributed by atoms with Gasteiger partial charge in [0.25, 0.3) is 5.91 Å². The Labute approximate surface area is 176 Å². The molecule has 0 radical (unpaired) electrons. The minimum atomic E-state index is -0.130. The fraction of sp³-hybridized carbons (Fsp3) is 0.154. The van der Waals surface area contributed by atoms with Crippen molar-refractivity contribution in [3.63, 3.8) is 0 Å². The molecule has 0 fully saturated rings.